The van der Waals surface area contributed by atoms with Gasteiger partial charge in [0.25, 0.3) is 0 Å². The third-order valence-corrected chi connectivity index (χ3v) is 4.59. The van der Waals surface area contributed by atoms with E-state index in [0.717, 1.165) is 33.3 Å². The highest BCUT2D eigenvalue weighted by Gasteiger charge is 2.05. The number of halogens is 2. The van der Waals surface area contributed by atoms with Gasteiger partial charge >= 0.3 is 0 Å². The van der Waals surface area contributed by atoms with Gasteiger partial charge in [-0.1, -0.05) is 13.0 Å². The molecule has 2 rings (SSSR count). The Morgan fingerprint density at radius 3 is 2.72 bits per heavy atom. The topological polar surface area (TPSA) is 29.9 Å². The Labute approximate surface area is 124 Å². The Balaban J connectivity index is 2.08. The molecule has 0 aliphatic carbocycles. The van der Waals surface area contributed by atoms with Crippen molar-refractivity contribution in [2.75, 3.05) is 5.32 Å². The number of aryl methyl sites for hydroxylation is 2. The molecule has 0 radical (unpaired) electrons. The van der Waals surface area contributed by atoms with Gasteiger partial charge in [-0.3, -0.25) is 4.68 Å². The van der Waals surface area contributed by atoms with Crippen LogP contribution in [0.15, 0.2) is 33.3 Å². The van der Waals surface area contributed by atoms with E-state index in [1.165, 1.54) is 5.56 Å². The van der Waals surface area contributed by atoms with E-state index in [1.807, 2.05) is 24.0 Å². The minimum Gasteiger partial charge on any atom is -0.378 e. The van der Waals surface area contributed by atoms with Gasteiger partial charge in [0.1, 0.15) is 0 Å². The van der Waals surface area contributed by atoms with Gasteiger partial charge in [-0.15, -0.1) is 0 Å². The zero-order chi connectivity index (χ0) is 13.1. The molecule has 0 aliphatic rings. The van der Waals surface area contributed by atoms with Crippen LogP contribution in [0.2, 0.25) is 0 Å². The molecule has 0 amide bonds. The van der Waals surface area contributed by atoms with Gasteiger partial charge in [0.05, 0.1) is 11.4 Å². The van der Waals surface area contributed by atoms with Crippen molar-refractivity contribution in [2.45, 2.75) is 19.9 Å². The van der Waals surface area contributed by atoms with Crippen LogP contribution in [0.5, 0.6) is 0 Å². The van der Waals surface area contributed by atoms with Crippen molar-refractivity contribution in [3.05, 3.63) is 44.6 Å². The first-order chi connectivity index (χ1) is 8.60. The molecule has 0 spiro atoms. The minimum atomic E-state index is 0.796. The second-order valence-corrected chi connectivity index (χ2v) is 5.83. The molecule has 0 saturated carbocycles. The largest absolute Gasteiger partial charge is 0.378 e. The van der Waals surface area contributed by atoms with Crippen LogP contribution in [0.4, 0.5) is 5.69 Å². The predicted molar refractivity (Wildman–Crippen MR) is 81.8 cm³/mol. The summed E-state index contributed by atoms with van der Waals surface area (Å²) in [7, 11) is 1.94. The summed E-state index contributed by atoms with van der Waals surface area (Å²) in [6, 6.07) is 6.26. The van der Waals surface area contributed by atoms with E-state index in [4.69, 9.17) is 0 Å². The molecule has 96 valence electrons. The molecule has 0 bridgehead atoms. The van der Waals surface area contributed by atoms with E-state index in [9.17, 15) is 0 Å². The number of nitrogens with one attached hydrogen (secondary N) is 1. The van der Waals surface area contributed by atoms with Crippen LogP contribution in [0.25, 0.3) is 0 Å². The SMILES string of the molecule is CCc1nn(C)cc1NCc1ccc(Br)c(Br)c1. The summed E-state index contributed by atoms with van der Waals surface area (Å²) in [5.74, 6) is 0. The van der Waals surface area contributed by atoms with E-state index in [-0.39, 0.29) is 0 Å². The fraction of sp³-hybridized carbons (Fsp3) is 0.308. The molecule has 2 aromatic rings. The Bertz CT molecular complexity index is 549. The van der Waals surface area contributed by atoms with Crippen LogP contribution in [-0.2, 0) is 20.0 Å². The zero-order valence-electron chi connectivity index (χ0n) is 10.4. The van der Waals surface area contributed by atoms with Gasteiger partial charge in [-0.05, 0) is 56.0 Å². The molecule has 1 aromatic carbocycles. The molecule has 0 aliphatic heterocycles. The third kappa shape index (κ3) is 3.14. The lowest BCUT2D eigenvalue weighted by Gasteiger charge is -2.07. The van der Waals surface area contributed by atoms with E-state index >= 15 is 0 Å². The number of benzene rings is 1. The second kappa shape index (κ2) is 5.89. The Hall–Kier alpha value is -0.810. The minimum absolute atomic E-state index is 0.796. The summed E-state index contributed by atoms with van der Waals surface area (Å²) >= 11 is 6.98. The summed E-state index contributed by atoms with van der Waals surface area (Å²) in [6.07, 6.45) is 2.96. The molecule has 0 atom stereocenters. The summed E-state index contributed by atoms with van der Waals surface area (Å²) < 4.78 is 3.99. The average Bonchev–Trinajstić information content (AvgIpc) is 2.71. The number of aromatic nitrogens is 2. The highest BCUT2D eigenvalue weighted by molar-refractivity contribution is 9.13. The van der Waals surface area contributed by atoms with Gasteiger partial charge in [0, 0.05) is 28.7 Å². The van der Waals surface area contributed by atoms with Crippen LogP contribution >= 0.6 is 31.9 Å². The zero-order valence-corrected chi connectivity index (χ0v) is 13.5. The lowest BCUT2D eigenvalue weighted by molar-refractivity contribution is 0.746. The lowest BCUT2D eigenvalue weighted by atomic mass is 10.2. The molecule has 0 fully saturated rings. The van der Waals surface area contributed by atoms with E-state index < -0.39 is 0 Å². The van der Waals surface area contributed by atoms with Crippen molar-refractivity contribution < 1.29 is 0 Å². The summed E-state index contributed by atoms with van der Waals surface area (Å²) in [6.45, 7) is 2.91. The van der Waals surface area contributed by atoms with Crippen LogP contribution in [-0.4, -0.2) is 9.78 Å². The second-order valence-electron chi connectivity index (χ2n) is 4.12. The maximum absolute atomic E-state index is 4.41. The van der Waals surface area contributed by atoms with Gasteiger partial charge in [0.2, 0.25) is 0 Å². The summed E-state index contributed by atoms with van der Waals surface area (Å²) in [5.41, 5.74) is 3.45. The quantitative estimate of drug-likeness (QED) is 0.874. The van der Waals surface area contributed by atoms with Gasteiger partial charge < -0.3 is 5.32 Å². The number of hydrogen-bond acceptors (Lipinski definition) is 2. The molecular formula is C13H15Br2N3. The monoisotopic (exact) mass is 371 g/mol. The first-order valence-electron chi connectivity index (χ1n) is 5.80. The lowest BCUT2D eigenvalue weighted by Crippen LogP contribution is -2.00. The number of hydrogen-bond donors (Lipinski definition) is 1. The van der Waals surface area contributed by atoms with Crippen molar-refractivity contribution in [3.8, 4) is 0 Å². The molecule has 1 heterocycles. The van der Waals surface area contributed by atoms with Crippen molar-refractivity contribution in [2.24, 2.45) is 7.05 Å². The van der Waals surface area contributed by atoms with Crippen molar-refractivity contribution in [3.63, 3.8) is 0 Å². The molecule has 5 heteroatoms. The normalized spacial score (nSPS) is 10.7. The van der Waals surface area contributed by atoms with Gasteiger partial charge in [0.15, 0.2) is 0 Å². The number of anilines is 1. The fourth-order valence-electron chi connectivity index (χ4n) is 1.79. The third-order valence-electron chi connectivity index (χ3n) is 2.71. The predicted octanol–water partition coefficient (Wildman–Crippen LogP) is 4.12. The highest BCUT2D eigenvalue weighted by Crippen LogP contribution is 2.24. The Morgan fingerprint density at radius 2 is 2.06 bits per heavy atom. The highest BCUT2D eigenvalue weighted by atomic mass is 79.9. The Kier molecular flexibility index (Phi) is 4.45. The smallest absolute Gasteiger partial charge is 0.0853 e. The molecule has 3 nitrogen and oxygen atoms in total. The van der Waals surface area contributed by atoms with E-state index in [2.05, 4.69) is 61.3 Å². The average molecular weight is 373 g/mol. The van der Waals surface area contributed by atoms with Gasteiger partial charge in [-0.2, -0.15) is 5.10 Å². The van der Waals surface area contributed by atoms with Crippen LogP contribution in [0, 0.1) is 0 Å². The van der Waals surface area contributed by atoms with Crippen molar-refractivity contribution in [1.82, 2.24) is 9.78 Å². The van der Waals surface area contributed by atoms with E-state index in [0.29, 0.717) is 0 Å². The van der Waals surface area contributed by atoms with E-state index in [1.54, 1.807) is 0 Å². The molecule has 1 N–H and O–H groups in total. The maximum atomic E-state index is 4.41. The van der Waals surface area contributed by atoms with Crippen molar-refractivity contribution in [1.29, 1.82) is 0 Å². The van der Waals surface area contributed by atoms with Gasteiger partial charge in [-0.25, -0.2) is 0 Å². The first kappa shape index (κ1) is 13.6. The number of rotatable bonds is 4. The molecule has 0 unspecified atom stereocenters. The van der Waals surface area contributed by atoms with Crippen LogP contribution < -0.4 is 5.32 Å². The Morgan fingerprint density at radius 1 is 1.28 bits per heavy atom. The van der Waals surface area contributed by atoms with Crippen LogP contribution in [0.1, 0.15) is 18.2 Å². The number of nitrogens with zero attached hydrogens (tertiary/aromatic N) is 2. The first-order valence-corrected chi connectivity index (χ1v) is 7.39. The summed E-state index contributed by atoms with van der Waals surface area (Å²) in [5, 5.41) is 7.84. The molecule has 18 heavy (non-hydrogen) atoms. The standard InChI is InChI=1S/C13H15Br2N3/c1-3-12-13(8-18(2)17-12)16-7-9-4-5-10(14)11(15)6-9/h4-6,8,16H,3,7H2,1-2H3. The maximum Gasteiger partial charge on any atom is 0.0853 e. The molecule has 1 aromatic heterocycles. The van der Waals surface area contributed by atoms with Crippen LogP contribution in [0.3, 0.4) is 0 Å². The molecular weight excluding hydrogens is 358 g/mol. The molecule has 0 saturated heterocycles. The summed E-state index contributed by atoms with van der Waals surface area (Å²) in [4.78, 5) is 0. The van der Waals surface area contributed by atoms with Crippen molar-refractivity contribution >= 4 is 37.5 Å². The fourth-order valence-corrected chi connectivity index (χ4v) is 2.46.